The van der Waals surface area contributed by atoms with Gasteiger partial charge < -0.3 is 14.2 Å². The number of rotatable bonds is 10. The molecule has 206 valence electrons. The van der Waals surface area contributed by atoms with Gasteiger partial charge in [0, 0.05) is 19.3 Å². The predicted octanol–water partition coefficient (Wildman–Crippen LogP) is 7.45. The van der Waals surface area contributed by atoms with Crippen LogP contribution in [0.1, 0.15) is 81.9 Å². The zero-order valence-corrected chi connectivity index (χ0v) is 23.4. The second kappa shape index (κ2) is 11.8. The Morgan fingerprint density at radius 2 is 1.79 bits per heavy atom. The van der Waals surface area contributed by atoms with Gasteiger partial charge in [0.15, 0.2) is 0 Å². The van der Waals surface area contributed by atoms with Crippen LogP contribution >= 0.6 is 0 Å². The van der Waals surface area contributed by atoms with Crippen LogP contribution in [0.15, 0.2) is 72.0 Å². The molecule has 4 atom stereocenters. The molecule has 0 spiro atoms. The minimum Gasteiger partial charge on any atom is -0.489 e. The first-order valence-corrected chi connectivity index (χ1v) is 14.4. The van der Waals surface area contributed by atoms with Crippen molar-refractivity contribution >= 4 is 11.9 Å². The molecule has 1 saturated carbocycles. The number of hydrogen-bond acceptors (Lipinski definition) is 5. The third kappa shape index (κ3) is 5.98. The van der Waals surface area contributed by atoms with Crippen molar-refractivity contribution in [3.63, 3.8) is 0 Å². The third-order valence-electron chi connectivity index (χ3n) is 8.87. The molecule has 0 bridgehead atoms. The number of ether oxygens (including phenoxy) is 3. The van der Waals surface area contributed by atoms with Gasteiger partial charge in [-0.25, -0.2) is 0 Å². The number of hydrogen-bond donors (Lipinski definition) is 0. The highest BCUT2D eigenvalue weighted by Gasteiger charge is 2.51. The van der Waals surface area contributed by atoms with Crippen molar-refractivity contribution in [3.05, 3.63) is 88.7 Å². The van der Waals surface area contributed by atoms with Crippen molar-refractivity contribution in [2.45, 2.75) is 78.2 Å². The van der Waals surface area contributed by atoms with Crippen LogP contribution in [0, 0.1) is 17.3 Å². The summed E-state index contributed by atoms with van der Waals surface area (Å²) in [6, 6.07) is 17.0. The molecule has 0 unspecified atom stereocenters. The summed E-state index contributed by atoms with van der Waals surface area (Å²) >= 11 is 0. The molecule has 0 heterocycles. The van der Waals surface area contributed by atoms with E-state index in [1.54, 1.807) is 0 Å². The van der Waals surface area contributed by atoms with Gasteiger partial charge in [0.25, 0.3) is 0 Å². The maximum atomic E-state index is 11.8. The quantitative estimate of drug-likeness (QED) is 0.237. The summed E-state index contributed by atoms with van der Waals surface area (Å²) in [5.41, 5.74) is 5.23. The maximum Gasteiger partial charge on any atom is 0.307 e. The van der Waals surface area contributed by atoms with Crippen molar-refractivity contribution in [1.82, 2.24) is 0 Å². The first-order chi connectivity index (χ1) is 18.8. The summed E-state index contributed by atoms with van der Waals surface area (Å²) in [6.07, 6.45) is 11.5. The van der Waals surface area contributed by atoms with Gasteiger partial charge in [-0.1, -0.05) is 60.9 Å². The molecular formula is C34H40O5. The monoisotopic (exact) mass is 528 g/mol. The van der Waals surface area contributed by atoms with E-state index < -0.39 is 0 Å². The number of unbranched alkanes of at least 4 members (excludes halogenated alkanes) is 2. The van der Waals surface area contributed by atoms with Crippen LogP contribution in [-0.2, 0) is 32.1 Å². The topological polar surface area (TPSA) is 61.8 Å². The first-order valence-electron chi connectivity index (χ1n) is 14.4. The largest absolute Gasteiger partial charge is 0.489 e. The van der Waals surface area contributed by atoms with E-state index in [-0.39, 0.29) is 17.4 Å². The van der Waals surface area contributed by atoms with E-state index >= 15 is 0 Å². The Hall–Kier alpha value is -3.34. The molecule has 39 heavy (non-hydrogen) atoms. The van der Waals surface area contributed by atoms with E-state index in [1.807, 2.05) is 24.3 Å². The fourth-order valence-electron chi connectivity index (χ4n) is 7.04. The van der Waals surface area contributed by atoms with Gasteiger partial charge in [0.1, 0.15) is 18.1 Å². The Kier molecular flexibility index (Phi) is 8.25. The minimum absolute atomic E-state index is 0.210. The van der Waals surface area contributed by atoms with E-state index in [4.69, 9.17) is 14.2 Å². The lowest BCUT2D eigenvalue weighted by molar-refractivity contribution is -0.141. The fourth-order valence-corrected chi connectivity index (χ4v) is 7.04. The minimum atomic E-state index is -0.249. The summed E-state index contributed by atoms with van der Waals surface area (Å²) in [6.45, 7) is 6.26. The van der Waals surface area contributed by atoms with Crippen molar-refractivity contribution < 1.29 is 23.8 Å². The van der Waals surface area contributed by atoms with Gasteiger partial charge in [-0.2, -0.15) is 0 Å². The summed E-state index contributed by atoms with van der Waals surface area (Å²) in [7, 11) is 0. The summed E-state index contributed by atoms with van der Waals surface area (Å²) in [4.78, 5) is 23.0. The molecule has 1 fully saturated rings. The highest BCUT2D eigenvalue weighted by atomic mass is 16.5. The predicted molar refractivity (Wildman–Crippen MR) is 151 cm³/mol. The molecular weight excluding hydrogens is 488 g/mol. The Bertz CT molecular complexity index is 1260. The van der Waals surface area contributed by atoms with Crippen LogP contribution in [0.5, 0.6) is 5.75 Å². The van der Waals surface area contributed by atoms with Gasteiger partial charge in [-0.15, -0.1) is 0 Å². The molecule has 0 saturated heterocycles. The Morgan fingerprint density at radius 3 is 2.56 bits per heavy atom. The second-order valence-corrected chi connectivity index (χ2v) is 11.5. The molecule has 3 aliphatic rings. The van der Waals surface area contributed by atoms with Crippen LogP contribution in [0.2, 0.25) is 0 Å². The number of fused-ring (bicyclic) bond motifs is 5. The first kappa shape index (κ1) is 27.2. The number of allylic oxidation sites excluding steroid dienone is 3. The Morgan fingerprint density at radius 1 is 0.974 bits per heavy atom. The molecule has 2 aromatic carbocycles. The van der Waals surface area contributed by atoms with Crippen molar-refractivity contribution in [2.75, 3.05) is 6.61 Å². The fraction of sp³-hybridized carbons (Fsp3) is 0.471. The van der Waals surface area contributed by atoms with E-state index in [2.05, 4.69) is 43.3 Å². The van der Waals surface area contributed by atoms with Gasteiger partial charge in [0.2, 0.25) is 0 Å². The standard InChI is InChI=1S/C34H40O5/c1-23(35)37-19-9-5-8-12-26-20-27-21-28(38-22-25-10-6-4-7-11-25)13-14-29(27)30-17-18-34(3)31(33(26)30)15-16-32(34)39-24(2)36/h4,6-7,10-11,13-16,21,26,30,33H,5,8-9,12,17-20,22H2,1-3H3/t26-,30-,33-,34+/m1/s1. The molecule has 2 aromatic rings. The molecule has 0 radical (unpaired) electrons. The Balaban J connectivity index is 1.35. The van der Waals surface area contributed by atoms with Crippen LogP contribution in [0.4, 0.5) is 0 Å². The van der Waals surface area contributed by atoms with Crippen molar-refractivity contribution in [2.24, 2.45) is 17.3 Å². The van der Waals surface area contributed by atoms with Crippen molar-refractivity contribution in [1.29, 1.82) is 0 Å². The highest BCUT2D eigenvalue weighted by molar-refractivity contribution is 5.68. The van der Waals surface area contributed by atoms with Crippen LogP contribution in [-0.4, -0.2) is 18.5 Å². The van der Waals surface area contributed by atoms with Gasteiger partial charge in [0.05, 0.1) is 6.61 Å². The average molecular weight is 529 g/mol. The summed E-state index contributed by atoms with van der Waals surface area (Å²) in [5.74, 6) is 2.64. The molecule has 5 rings (SSSR count). The molecule has 0 aliphatic heterocycles. The molecule has 3 aliphatic carbocycles. The maximum absolute atomic E-state index is 11.8. The normalized spacial score (nSPS) is 24.9. The number of carbonyl (C=O) groups is 2. The van der Waals surface area contributed by atoms with Gasteiger partial charge >= 0.3 is 11.9 Å². The van der Waals surface area contributed by atoms with Crippen LogP contribution in [0.3, 0.4) is 0 Å². The zero-order valence-electron chi connectivity index (χ0n) is 23.4. The van der Waals surface area contributed by atoms with Crippen LogP contribution in [0.25, 0.3) is 0 Å². The second-order valence-electron chi connectivity index (χ2n) is 11.5. The van der Waals surface area contributed by atoms with Crippen molar-refractivity contribution in [3.8, 4) is 5.75 Å². The third-order valence-corrected chi connectivity index (χ3v) is 8.87. The van der Waals surface area contributed by atoms with E-state index in [1.165, 1.54) is 30.5 Å². The van der Waals surface area contributed by atoms with E-state index in [9.17, 15) is 9.59 Å². The number of esters is 2. The van der Waals surface area contributed by atoms with Crippen LogP contribution < -0.4 is 4.74 Å². The van der Waals surface area contributed by atoms with E-state index in [0.29, 0.717) is 31.0 Å². The lowest BCUT2D eigenvalue weighted by Crippen LogP contribution is -2.41. The summed E-state index contributed by atoms with van der Waals surface area (Å²) in [5, 5.41) is 0. The molecule has 5 nitrogen and oxygen atoms in total. The number of benzene rings is 2. The Labute approximate surface area is 232 Å². The molecule has 0 amide bonds. The van der Waals surface area contributed by atoms with E-state index in [0.717, 1.165) is 62.0 Å². The van der Waals surface area contributed by atoms with Gasteiger partial charge in [-0.3, -0.25) is 9.59 Å². The lowest BCUT2D eigenvalue weighted by Gasteiger charge is -2.50. The molecule has 0 aromatic heterocycles. The highest BCUT2D eigenvalue weighted by Crippen LogP contribution is 2.61. The smallest absolute Gasteiger partial charge is 0.307 e. The SMILES string of the molecule is CC(=O)OCCCCC[C@@H]1Cc2cc(OCc3ccccc3)ccc2[C@H]2CC[C@]3(C)C(OC(C)=O)=CC=C3[C@H]12. The zero-order chi connectivity index (χ0) is 27.4. The van der Waals surface area contributed by atoms with Gasteiger partial charge in [-0.05, 0) is 91.7 Å². The molecule has 0 N–H and O–H groups in total. The molecule has 5 heteroatoms. The lowest BCUT2D eigenvalue weighted by atomic mass is 9.54. The summed E-state index contributed by atoms with van der Waals surface area (Å²) < 4.78 is 17.0. The number of carbonyl (C=O) groups excluding carboxylic acids is 2. The average Bonchev–Trinajstić information content (AvgIpc) is 3.24.